The Labute approximate surface area is 112 Å². The molecule has 102 valence electrons. The molecule has 3 rings (SSSR count). The molecule has 1 aliphatic carbocycles. The molecule has 2 atom stereocenters. The number of benzene rings is 1. The van der Waals surface area contributed by atoms with Gasteiger partial charge in [0.1, 0.15) is 5.82 Å². The molecule has 19 heavy (non-hydrogen) atoms. The Morgan fingerprint density at radius 3 is 2.84 bits per heavy atom. The van der Waals surface area contributed by atoms with Gasteiger partial charge in [-0.1, -0.05) is 0 Å². The van der Waals surface area contributed by atoms with Crippen LogP contribution in [0.25, 0.3) is 0 Å². The summed E-state index contributed by atoms with van der Waals surface area (Å²) in [5.74, 6) is 0.198. The third-order valence-electron chi connectivity index (χ3n) is 3.96. The smallest absolute Gasteiger partial charge is 0.251 e. The molecule has 2 aliphatic rings. The van der Waals surface area contributed by atoms with E-state index < -0.39 is 0 Å². The number of ether oxygens (including phenoxy) is 1. The van der Waals surface area contributed by atoms with Gasteiger partial charge >= 0.3 is 0 Å². The zero-order chi connectivity index (χ0) is 13.4. The van der Waals surface area contributed by atoms with Crippen LogP contribution in [0.2, 0.25) is 0 Å². The van der Waals surface area contributed by atoms with Crippen molar-refractivity contribution in [3.63, 3.8) is 0 Å². The van der Waals surface area contributed by atoms with Crippen molar-refractivity contribution in [1.82, 2.24) is 5.32 Å². The van der Waals surface area contributed by atoms with Crippen molar-refractivity contribution >= 4 is 5.91 Å². The van der Waals surface area contributed by atoms with E-state index in [9.17, 15) is 9.18 Å². The summed E-state index contributed by atoms with van der Waals surface area (Å²) in [7, 11) is 0. The predicted molar refractivity (Wildman–Crippen MR) is 69.5 cm³/mol. The van der Waals surface area contributed by atoms with Crippen molar-refractivity contribution in [3.05, 3.63) is 35.1 Å². The van der Waals surface area contributed by atoms with E-state index in [0.717, 1.165) is 6.42 Å². The monoisotopic (exact) mass is 263 g/mol. The summed E-state index contributed by atoms with van der Waals surface area (Å²) < 4.78 is 18.9. The van der Waals surface area contributed by atoms with Crippen molar-refractivity contribution in [3.8, 4) is 0 Å². The van der Waals surface area contributed by atoms with E-state index in [-0.39, 0.29) is 23.9 Å². The molecule has 0 bridgehead atoms. The average molecular weight is 263 g/mol. The van der Waals surface area contributed by atoms with Crippen molar-refractivity contribution in [2.45, 2.75) is 38.3 Å². The fraction of sp³-hybridized carbons (Fsp3) is 0.533. The third-order valence-corrected chi connectivity index (χ3v) is 3.96. The zero-order valence-corrected chi connectivity index (χ0v) is 11.0. The number of halogens is 1. The minimum Gasteiger partial charge on any atom is -0.376 e. The molecule has 1 amide bonds. The molecule has 0 spiro atoms. The van der Waals surface area contributed by atoms with Crippen LogP contribution in [0.4, 0.5) is 4.39 Å². The SMILES string of the molecule is Cc1cc(C(=O)NC2CCOC2C2CC2)ccc1F. The van der Waals surface area contributed by atoms with E-state index in [1.165, 1.54) is 25.0 Å². The molecule has 2 fully saturated rings. The van der Waals surface area contributed by atoms with Crippen LogP contribution in [0.15, 0.2) is 18.2 Å². The Bertz CT molecular complexity index is 499. The van der Waals surface area contributed by atoms with Gasteiger partial charge in [0.25, 0.3) is 5.91 Å². The Hall–Kier alpha value is -1.42. The molecule has 1 aromatic rings. The number of nitrogens with one attached hydrogen (secondary N) is 1. The van der Waals surface area contributed by atoms with Crippen LogP contribution in [0, 0.1) is 18.7 Å². The van der Waals surface area contributed by atoms with E-state index in [1.807, 2.05) is 0 Å². The maximum absolute atomic E-state index is 13.2. The summed E-state index contributed by atoms with van der Waals surface area (Å²) in [6.07, 6.45) is 3.44. The first-order valence-electron chi connectivity index (χ1n) is 6.84. The molecule has 0 radical (unpaired) electrons. The standard InChI is InChI=1S/C15H18FNO2/c1-9-8-11(4-5-12(9)16)15(18)17-13-6-7-19-14(13)10-2-3-10/h4-5,8,10,13-14H,2-3,6-7H2,1H3,(H,17,18). The molecule has 4 heteroatoms. The fourth-order valence-corrected chi connectivity index (χ4v) is 2.69. The van der Waals surface area contributed by atoms with Gasteiger partial charge in [-0.25, -0.2) is 4.39 Å². The first-order chi connectivity index (χ1) is 9.15. The van der Waals surface area contributed by atoms with Crippen LogP contribution in [0.3, 0.4) is 0 Å². The topological polar surface area (TPSA) is 38.3 Å². The molecule has 1 N–H and O–H groups in total. The highest BCUT2D eigenvalue weighted by molar-refractivity contribution is 5.94. The lowest BCUT2D eigenvalue weighted by molar-refractivity contribution is 0.0729. The summed E-state index contributed by atoms with van der Waals surface area (Å²) in [6.45, 7) is 2.38. The second-order valence-electron chi connectivity index (χ2n) is 5.51. The van der Waals surface area contributed by atoms with Gasteiger partial charge in [0.15, 0.2) is 0 Å². The van der Waals surface area contributed by atoms with Crippen LogP contribution >= 0.6 is 0 Å². The van der Waals surface area contributed by atoms with Gasteiger partial charge in [-0.15, -0.1) is 0 Å². The number of carbonyl (C=O) groups excluding carboxylic acids is 1. The van der Waals surface area contributed by atoms with Gasteiger partial charge in [-0.3, -0.25) is 4.79 Å². The summed E-state index contributed by atoms with van der Waals surface area (Å²) in [4.78, 5) is 12.2. The lowest BCUT2D eigenvalue weighted by Gasteiger charge is -2.19. The fourth-order valence-electron chi connectivity index (χ4n) is 2.69. The normalized spacial score (nSPS) is 26.4. The highest BCUT2D eigenvalue weighted by atomic mass is 19.1. The molecular weight excluding hydrogens is 245 g/mol. The summed E-state index contributed by atoms with van der Waals surface area (Å²) >= 11 is 0. The van der Waals surface area contributed by atoms with Crippen LogP contribution in [-0.4, -0.2) is 24.7 Å². The molecule has 3 nitrogen and oxygen atoms in total. The largest absolute Gasteiger partial charge is 0.376 e. The molecule has 1 aromatic carbocycles. The highest BCUT2D eigenvalue weighted by Crippen LogP contribution is 2.38. The van der Waals surface area contributed by atoms with Crippen molar-refractivity contribution in [2.75, 3.05) is 6.61 Å². The minimum absolute atomic E-state index is 0.102. The Morgan fingerprint density at radius 1 is 1.37 bits per heavy atom. The summed E-state index contributed by atoms with van der Waals surface area (Å²) in [5, 5.41) is 3.03. The Morgan fingerprint density at radius 2 is 2.16 bits per heavy atom. The lowest BCUT2D eigenvalue weighted by atomic mass is 10.0. The lowest BCUT2D eigenvalue weighted by Crippen LogP contribution is -2.41. The summed E-state index contributed by atoms with van der Waals surface area (Å²) in [6, 6.07) is 4.56. The van der Waals surface area contributed by atoms with E-state index in [2.05, 4.69) is 5.32 Å². The number of hydrogen-bond acceptors (Lipinski definition) is 2. The van der Waals surface area contributed by atoms with Crippen molar-refractivity contribution in [2.24, 2.45) is 5.92 Å². The number of carbonyl (C=O) groups is 1. The van der Waals surface area contributed by atoms with E-state index in [4.69, 9.17) is 4.74 Å². The average Bonchev–Trinajstić information content (AvgIpc) is 3.13. The Balaban J connectivity index is 1.68. The highest BCUT2D eigenvalue weighted by Gasteiger charge is 2.41. The predicted octanol–water partition coefficient (Wildman–Crippen LogP) is 2.43. The van der Waals surface area contributed by atoms with Crippen LogP contribution in [-0.2, 0) is 4.74 Å². The maximum Gasteiger partial charge on any atom is 0.251 e. The molecule has 1 heterocycles. The quantitative estimate of drug-likeness (QED) is 0.909. The van der Waals surface area contributed by atoms with E-state index >= 15 is 0 Å². The number of amides is 1. The third kappa shape index (κ3) is 2.63. The van der Waals surface area contributed by atoms with Gasteiger partial charge < -0.3 is 10.1 Å². The maximum atomic E-state index is 13.2. The second kappa shape index (κ2) is 4.93. The van der Waals surface area contributed by atoms with Crippen LogP contribution in [0.1, 0.15) is 35.2 Å². The second-order valence-corrected chi connectivity index (χ2v) is 5.51. The van der Waals surface area contributed by atoms with Gasteiger partial charge in [-0.05, 0) is 55.9 Å². The minimum atomic E-state index is -0.281. The van der Waals surface area contributed by atoms with E-state index in [0.29, 0.717) is 23.7 Å². The first-order valence-corrected chi connectivity index (χ1v) is 6.84. The molecule has 2 unspecified atom stereocenters. The molecule has 1 saturated heterocycles. The Kier molecular flexibility index (Phi) is 3.27. The van der Waals surface area contributed by atoms with Gasteiger partial charge in [0.2, 0.25) is 0 Å². The number of rotatable bonds is 3. The van der Waals surface area contributed by atoms with E-state index in [1.54, 1.807) is 13.0 Å². The van der Waals surface area contributed by atoms with Crippen LogP contribution in [0.5, 0.6) is 0 Å². The molecule has 1 aliphatic heterocycles. The van der Waals surface area contributed by atoms with Crippen LogP contribution < -0.4 is 5.32 Å². The van der Waals surface area contributed by atoms with Crippen molar-refractivity contribution < 1.29 is 13.9 Å². The number of hydrogen-bond donors (Lipinski definition) is 1. The first kappa shape index (κ1) is 12.6. The summed E-state index contributed by atoms with van der Waals surface area (Å²) in [5.41, 5.74) is 1.01. The number of aryl methyl sites for hydroxylation is 1. The molecule has 0 aromatic heterocycles. The molecular formula is C15H18FNO2. The molecule has 1 saturated carbocycles. The van der Waals surface area contributed by atoms with Gasteiger partial charge in [0.05, 0.1) is 12.1 Å². The zero-order valence-electron chi connectivity index (χ0n) is 11.0. The van der Waals surface area contributed by atoms with Gasteiger partial charge in [-0.2, -0.15) is 0 Å². The van der Waals surface area contributed by atoms with Gasteiger partial charge in [0, 0.05) is 12.2 Å². The van der Waals surface area contributed by atoms with Crippen molar-refractivity contribution in [1.29, 1.82) is 0 Å².